The van der Waals surface area contributed by atoms with E-state index in [2.05, 4.69) is 34.1 Å². The van der Waals surface area contributed by atoms with Gasteiger partial charge in [-0.3, -0.25) is 0 Å². The zero-order valence-corrected chi connectivity index (χ0v) is 8.97. The van der Waals surface area contributed by atoms with Crippen LogP contribution in [0.25, 0.3) is 0 Å². The van der Waals surface area contributed by atoms with E-state index < -0.39 is 0 Å². The number of rotatable bonds is 1. The molecule has 1 saturated carbocycles. The van der Waals surface area contributed by atoms with E-state index in [1.54, 1.807) is 0 Å². The first-order valence-electron chi connectivity index (χ1n) is 4.77. The molecule has 0 heterocycles. The molecule has 3 rings (SSSR count). The second kappa shape index (κ2) is 2.37. The van der Waals surface area contributed by atoms with E-state index in [0.717, 1.165) is 0 Å². The first-order valence-corrected chi connectivity index (χ1v) is 5.56. The summed E-state index contributed by atoms with van der Waals surface area (Å²) < 4.78 is 1.26. The predicted molar refractivity (Wildman–Crippen MR) is 56.7 cm³/mol. The minimum absolute atomic E-state index is 0.161. The molecule has 0 aliphatic heterocycles. The Morgan fingerprint density at radius 1 is 1.38 bits per heavy atom. The molecular formula is C11H12BrN. The standard InChI is InChI=1S/C11H12BrN/c12-10-3-1-2-7-8(10)6-9(7)11(13)4-5-11/h1-3,9H,4-6,13H2. The summed E-state index contributed by atoms with van der Waals surface area (Å²) >= 11 is 3.57. The Bertz CT molecular complexity index is 368. The molecule has 0 amide bonds. The third kappa shape index (κ3) is 1.02. The fourth-order valence-electron chi connectivity index (χ4n) is 2.31. The fourth-order valence-corrected chi connectivity index (χ4v) is 2.85. The summed E-state index contributed by atoms with van der Waals surface area (Å²) in [5.41, 5.74) is 9.32. The Balaban J connectivity index is 2.01. The molecule has 1 aromatic carbocycles. The number of halogens is 1. The van der Waals surface area contributed by atoms with Gasteiger partial charge in [0.1, 0.15) is 0 Å². The van der Waals surface area contributed by atoms with E-state index >= 15 is 0 Å². The highest BCUT2D eigenvalue weighted by molar-refractivity contribution is 9.10. The molecule has 2 N–H and O–H groups in total. The fraction of sp³-hybridized carbons (Fsp3) is 0.455. The maximum Gasteiger partial charge on any atom is 0.0228 e. The summed E-state index contributed by atoms with van der Waals surface area (Å²) in [7, 11) is 0. The van der Waals surface area contributed by atoms with Crippen LogP contribution in [0.15, 0.2) is 22.7 Å². The van der Waals surface area contributed by atoms with Crippen molar-refractivity contribution >= 4 is 15.9 Å². The van der Waals surface area contributed by atoms with Crippen molar-refractivity contribution in [1.29, 1.82) is 0 Å². The molecule has 0 radical (unpaired) electrons. The number of nitrogens with two attached hydrogens (primary N) is 1. The van der Waals surface area contributed by atoms with Gasteiger partial charge in [-0.05, 0) is 36.5 Å². The molecule has 13 heavy (non-hydrogen) atoms. The van der Waals surface area contributed by atoms with Crippen LogP contribution in [0.5, 0.6) is 0 Å². The average molecular weight is 238 g/mol. The first-order chi connectivity index (χ1) is 6.21. The van der Waals surface area contributed by atoms with Crippen LogP contribution < -0.4 is 5.73 Å². The lowest BCUT2D eigenvalue weighted by molar-refractivity contribution is 0.468. The highest BCUT2D eigenvalue weighted by Crippen LogP contribution is 2.53. The van der Waals surface area contributed by atoms with Crippen LogP contribution in [-0.2, 0) is 6.42 Å². The topological polar surface area (TPSA) is 26.0 Å². The molecule has 2 aliphatic rings. The molecule has 2 heteroatoms. The lowest BCUT2D eigenvalue weighted by Gasteiger charge is -2.35. The van der Waals surface area contributed by atoms with Gasteiger partial charge < -0.3 is 5.73 Å². The molecule has 1 nitrogen and oxygen atoms in total. The van der Waals surface area contributed by atoms with Crippen molar-refractivity contribution < 1.29 is 0 Å². The third-order valence-electron chi connectivity index (χ3n) is 3.46. The Hall–Kier alpha value is -0.340. The van der Waals surface area contributed by atoms with Gasteiger partial charge in [0.2, 0.25) is 0 Å². The molecule has 1 fully saturated rings. The smallest absolute Gasteiger partial charge is 0.0228 e. The van der Waals surface area contributed by atoms with Crippen LogP contribution in [-0.4, -0.2) is 5.54 Å². The average Bonchev–Trinajstić information content (AvgIpc) is 2.74. The maximum atomic E-state index is 6.20. The Morgan fingerprint density at radius 2 is 2.15 bits per heavy atom. The Kier molecular flexibility index (Phi) is 1.46. The van der Waals surface area contributed by atoms with Gasteiger partial charge in [0.25, 0.3) is 0 Å². The Labute approximate surface area is 86.5 Å². The van der Waals surface area contributed by atoms with Gasteiger partial charge in [-0.1, -0.05) is 28.1 Å². The van der Waals surface area contributed by atoms with Crippen LogP contribution >= 0.6 is 15.9 Å². The minimum atomic E-state index is 0.161. The van der Waals surface area contributed by atoms with Crippen molar-refractivity contribution in [2.45, 2.75) is 30.7 Å². The molecular weight excluding hydrogens is 226 g/mol. The van der Waals surface area contributed by atoms with Crippen molar-refractivity contribution in [3.05, 3.63) is 33.8 Å². The van der Waals surface area contributed by atoms with E-state index in [1.165, 1.54) is 34.9 Å². The van der Waals surface area contributed by atoms with Crippen LogP contribution in [0.1, 0.15) is 29.9 Å². The molecule has 0 bridgehead atoms. The van der Waals surface area contributed by atoms with E-state index in [-0.39, 0.29) is 5.54 Å². The van der Waals surface area contributed by atoms with Gasteiger partial charge in [0.05, 0.1) is 0 Å². The quantitative estimate of drug-likeness (QED) is 0.799. The Morgan fingerprint density at radius 3 is 2.85 bits per heavy atom. The maximum absolute atomic E-state index is 6.20. The second-order valence-electron chi connectivity index (χ2n) is 4.30. The highest BCUT2D eigenvalue weighted by Gasteiger charge is 2.50. The SMILES string of the molecule is NC1(C2Cc3c(Br)cccc32)CC1. The molecule has 68 valence electrons. The number of fused-ring (bicyclic) bond motifs is 1. The summed E-state index contributed by atoms with van der Waals surface area (Å²) in [4.78, 5) is 0. The lowest BCUT2D eigenvalue weighted by Crippen LogP contribution is -2.37. The minimum Gasteiger partial charge on any atom is -0.325 e. The summed E-state index contributed by atoms with van der Waals surface area (Å²) in [6, 6.07) is 6.45. The van der Waals surface area contributed by atoms with Gasteiger partial charge in [0.15, 0.2) is 0 Å². The van der Waals surface area contributed by atoms with Gasteiger partial charge in [-0.2, -0.15) is 0 Å². The highest BCUT2D eigenvalue weighted by atomic mass is 79.9. The predicted octanol–water partition coefficient (Wildman–Crippen LogP) is 2.58. The summed E-state index contributed by atoms with van der Waals surface area (Å²) in [6.45, 7) is 0. The number of hydrogen-bond donors (Lipinski definition) is 1. The molecule has 2 aliphatic carbocycles. The monoisotopic (exact) mass is 237 g/mol. The molecule has 0 aromatic heterocycles. The van der Waals surface area contributed by atoms with Crippen LogP contribution in [0.3, 0.4) is 0 Å². The van der Waals surface area contributed by atoms with Crippen molar-refractivity contribution in [3.63, 3.8) is 0 Å². The van der Waals surface area contributed by atoms with Crippen molar-refractivity contribution in [1.82, 2.24) is 0 Å². The van der Waals surface area contributed by atoms with Gasteiger partial charge in [-0.25, -0.2) is 0 Å². The van der Waals surface area contributed by atoms with Gasteiger partial charge >= 0.3 is 0 Å². The van der Waals surface area contributed by atoms with Crippen LogP contribution in [0.4, 0.5) is 0 Å². The summed E-state index contributed by atoms with van der Waals surface area (Å²) in [6.07, 6.45) is 3.60. The number of benzene rings is 1. The van der Waals surface area contributed by atoms with E-state index in [4.69, 9.17) is 5.73 Å². The first kappa shape index (κ1) is 8.01. The van der Waals surface area contributed by atoms with Crippen molar-refractivity contribution in [2.75, 3.05) is 0 Å². The largest absolute Gasteiger partial charge is 0.325 e. The van der Waals surface area contributed by atoms with Gasteiger partial charge in [-0.15, -0.1) is 0 Å². The molecule has 0 saturated heterocycles. The zero-order chi connectivity index (χ0) is 9.05. The molecule has 1 aromatic rings. The van der Waals surface area contributed by atoms with Crippen molar-refractivity contribution in [3.8, 4) is 0 Å². The lowest BCUT2D eigenvalue weighted by atomic mass is 9.72. The molecule has 1 unspecified atom stereocenters. The number of hydrogen-bond acceptors (Lipinski definition) is 1. The molecule has 0 spiro atoms. The van der Waals surface area contributed by atoms with Crippen LogP contribution in [0, 0.1) is 0 Å². The van der Waals surface area contributed by atoms with E-state index in [1.807, 2.05) is 0 Å². The summed E-state index contributed by atoms with van der Waals surface area (Å²) in [5.74, 6) is 0.639. The van der Waals surface area contributed by atoms with E-state index in [0.29, 0.717) is 5.92 Å². The van der Waals surface area contributed by atoms with E-state index in [9.17, 15) is 0 Å². The van der Waals surface area contributed by atoms with Crippen molar-refractivity contribution in [2.24, 2.45) is 5.73 Å². The third-order valence-corrected chi connectivity index (χ3v) is 4.20. The zero-order valence-electron chi connectivity index (χ0n) is 7.39. The second-order valence-corrected chi connectivity index (χ2v) is 5.15. The summed E-state index contributed by atoms with van der Waals surface area (Å²) in [5, 5.41) is 0. The van der Waals surface area contributed by atoms with Crippen LogP contribution in [0.2, 0.25) is 0 Å². The normalized spacial score (nSPS) is 27.7. The molecule has 1 atom stereocenters. The van der Waals surface area contributed by atoms with Gasteiger partial charge in [0, 0.05) is 15.9 Å².